The van der Waals surface area contributed by atoms with Gasteiger partial charge < -0.3 is 9.64 Å². The van der Waals surface area contributed by atoms with Gasteiger partial charge in [0.15, 0.2) is 6.61 Å². The fourth-order valence-electron chi connectivity index (χ4n) is 2.81. The molecule has 0 fully saturated rings. The summed E-state index contributed by atoms with van der Waals surface area (Å²) in [5.41, 5.74) is 0. The third-order valence-electron chi connectivity index (χ3n) is 4.06. The minimum absolute atomic E-state index is 0.00859. The van der Waals surface area contributed by atoms with Gasteiger partial charge >= 0.3 is 5.97 Å². The lowest BCUT2D eigenvalue weighted by Gasteiger charge is -2.30. The van der Waals surface area contributed by atoms with Crippen LogP contribution in [0.3, 0.4) is 0 Å². The first-order chi connectivity index (χ1) is 13.5. The van der Waals surface area contributed by atoms with Crippen LogP contribution in [0.4, 0.5) is 0 Å². The number of ether oxygens (including phenoxy) is 1. The molecule has 0 spiro atoms. The van der Waals surface area contributed by atoms with Crippen LogP contribution in [-0.4, -0.2) is 61.9 Å². The van der Waals surface area contributed by atoms with Crippen molar-refractivity contribution in [3.05, 3.63) is 29.3 Å². The molecule has 0 bridgehead atoms. The Morgan fingerprint density at radius 2 is 1.69 bits per heavy atom. The molecule has 164 valence electrons. The summed E-state index contributed by atoms with van der Waals surface area (Å²) in [5, 5.41) is 0.403. The molecule has 1 aromatic carbocycles. The molecule has 7 nitrogen and oxygen atoms in total. The first-order valence-corrected chi connectivity index (χ1v) is 12.5. The zero-order chi connectivity index (χ0) is 22.2. The molecule has 1 amide bonds. The third kappa shape index (κ3) is 8.16. The topological polar surface area (TPSA) is 92.8 Å². The summed E-state index contributed by atoms with van der Waals surface area (Å²) in [7, 11) is -3.95. The molecule has 0 aliphatic rings. The number of benzene rings is 1. The second-order valence-corrected chi connectivity index (χ2v) is 10.1. The summed E-state index contributed by atoms with van der Waals surface area (Å²) in [4.78, 5) is 26.5. The maximum absolute atomic E-state index is 12.6. The van der Waals surface area contributed by atoms with E-state index >= 15 is 0 Å². The zero-order valence-electron chi connectivity index (χ0n) is 17.3. The van der Waals surface area contributed by atoms with Gasteiger partial charge in [0.05, 0.1) is 4.90 Å². The predicted octanol–water partition coefficient (Wildman–Crippen LogP) is 2.93. The average Bonchev–Trinajstić information content (AvgIpc) is 2.62. The largest absolute Gasteiger partial charge is 0.454 e. The van der Waals surface area contributed by atoms with E-state index in [2.05, 4.69) is 4.72 Å². The van der Waals surface area contributed by atoms with Gasteiger partial charge in [-0.05, 0) is 70.4 Å². The van der Waals surface area contributed by atoms with E-state index in [4.69, 9.17) is 16.3 Å². The minimum Gasteiger partial charge on any atom is -0.454 e. The van der Waals surface area contributed by atoms with Crippen LogP contribution in [0.5, 0.6) is 0 Å². The van der Waals surface area contributed by atoms with Crippen LogP contribution in [0.2, 0.25) is 5.02 Å². The summed E-state index contributed by atoms with van der Waals surface area (Å²) < 4.78 is 32.7. The number of carbonyl (C=O) groups is 2. The second kappa shape index (κ2) is 11.8. The lowest BCUT2D eigenvalue weighted by Crippen LogP contribution is -2.46. The van der Waals surface area contributed by atoms with E-state index in [1.165, 1.54) is 36.0 Å². The van der Waals surface area contributed by atoms with Crippen molar-refractivity contribution in [2.75, 3.05) is 18.6 Å². The van der Waals surface area contributed by atoms with Gasteiger partial charge in [-0.15, -0.1) is 0 Å². The summed E-state index contributed by atoms with van der Waals surface area (Å²) in [6, 6.07) is 4.44. The number of nitrogens with one attached hydrogen (secondary N) is 1. The van der Waals surface area contributed by atoms with E-state index in [0.717, 1.165) is 0 Å². The first-order valence-electron chi connectivity index (χ1n) is 9.24. The monoisotopic (exact) mass is 464 g/mol. The van der Waals surface area contributed by atoms with Gasteiger partial charge in [-0.1, -0.05) is 11.6 Å². The molecular weight excluding hydrogens is 436 g/mol. The van der Waals surface area contributed by atoms with E-state index < -0.39 is 28.6 Å². The lowest BCUT2D eigenvalue weighted by molar-refractivity contribution is -0.155. The summed E-state index contributed by atoms with van der Waals surface area (Å²) in [6.45, 7) is 7.07. The Labute approximate surface area is 182 Å². The van der Waals surface area contributed by atoms with E-state index in [9.17, 15) is 18.0 Å². The van der Waals surface area contributed by atoms with Crippen molar-refractivity contribution in [3.8, 4) is 0 Å². The molecular formula is C19H29ClN2O5S2. The number of hydrogen-bond acceptors (Lipinski definition) is 6. The molecule has 29 heavy (non-hydrogen) atoms. The Bertz CT molecular complexity index is 774. The van der Waals surface area contributed by atoms with Gasteiger partial charge in [-0.2, -0.15) is 16.5 Å². The van der Waals surface area contributed by atoms with Gasteiger partial charge in [0, 0.05) is 17.1 Å². The predicted molar refractivity (Wildman–Crippen MR) is 117 cm³/mol. The minimum atomic E-state index is -3.95. The normalized spacial score (nSPS) is 12.8. The Hall–Kier alpha value is -1.29. The zero-order valence-corrected chi connectivity index (χ0v) is 19.7. The van der Waals surface area contributed by atoms with Gasteiger partial charge in [0.25, 0.3) is 5.91 Å². The number of rotatable bonds is 11. The van der Waals surface area contributed by atoms with Gasteiger partial charge in [0.1, 0.15) is 6.04 Å². The number of esters is 1. The molecule has 1 rings (SSSR count). The second-order valence-electron chi connectivity index (χ2n) is 7.01. The molecule has 0 saturated carbocycles. The van der Waals surface area contributed by atoms with E-state index in [0.29, 0.717) is 10.8 Å². The van der Waals surface area contributed by atoms with Crippen molar-refractivity contribution in [2.45, 2.75) is 57.1 Å². The van der Waals surface area contributed by atoms with E-state index in [-0.39, 0.29) is 29.3 Å². The Balaban J connectivity index is 2.87. The van der Waals surface area contributed by atoms with Crippen molar-refractivity contribution in [2.24, 2.45) is 0 Å². The van der Waals surface area contributed by atoms with Gasteiger partial charge in [-0.25, -0.2) is 8.42 Å². The molecule has 1 aromatic rings. The van der Waals surface area contributed by atoms with Gasteiger partial charge in [0.2, 0.25) is 10.0 Å². The van der Waals surface area contributed by atoms with Crippen LogP contribution >= 0.6 is 23.4 Å². The maximum atomic E-state index is 12.6. The Kier molecular flexibility index (Phi) is 10.5. The molecule has 0 unspecified atom stereocenters. The molecule has 0 saturated heterocycles. The lowest BCUT2D eigenvalue weighted by atomic mass is 10.2. The number of carbonyl (C=O) groups excluding carboxylic acids is 2. The highest BCUT2D eigenvalue weighted by molar-refractivity contribution is 7.98. The van der Waals surface area contributed by atoms with Crippen LogP contribution in [0.15, 0.2) is 29.2 Å². The summed E-state index contributed by atoms with van der Waals surface area (Å²) in [6.07, 6.45) is 2.09. The van der Waals surface area contributed by atoms with E-state index in [1.807, 2.05) is 34.0 Å². The first kappa shape index (κ1) is 25.7. The molecule has 1 N–H and O–H groups in total. The van der Waals surface area contributed by atoms with Crippen molar-refractivity contribution in [1.29, 1.82) is 0 Å². The SMILES string of the molecule is CSCC[C@@H](NS(=O)(=O)c1ccc(Cl)cc1)C(=O)OCC(=O)N(C(C)C)C(C)C. The number of thioether (sulfide) groups is 1. The summed E-state index contributed by atoms with van der Waals surface area (Å²) in [5.74, 6) is -0.564. The van der Waals surface area contributed by atoms with Crippen LogP contribution in [0.1, 0.15) is 34.1 Å². The van der Waals surface area contributed by atoms with Crippen molar-refractivity contribution < 1.29 is 22.7 Å². The molecule has 0 aliphatic carbocycles. The molecule has 10 heteroatoms. The van der Waals surface area contributed by atoms with Crippen molar-refractivity contribution in [1.82, 2.24) is 9.62 Å². The highest BCUT2D eigenvalue weighted by Crippen LogP contribution is 2.15. The standard InChI is InChI=1S/C19H29ClN2O5S2/c1-13(2)22(14(3)4)18(23)12-27-19(24)17(10-11-28-5)21-29(25,26)16-8-6-15(20)7-9-16/h6-9,13-14,17,21H,10-12H2,1-5H3/t17-/m1/s1. The fourth-order valence-corrected chi connectivity index (χ4v) is 4.63. The van der Waals surface area contributed by atoms with Crippen molar-refractivity contribution in [3.63, 3.8) is 0 Å². The van der Waals surface area contributed by atoms with Gasteiger partial charge in [-0.3, -0.25) is 9.59 Å². The number of amides is 1. The fraction of sp³-hybridized carbons (Fsp3) is 0.579. The quantitative estimate of drug-likeness (QED) is 0.506. The van der Waals surface area contributed by atoms with Crippen LogP contribution in [0.25, 0.3) is 0 Å². The number of sulfonamides is 1. The molecule has 1 atom stereocenters. The van der Waals surface area contributed by atoms with Crippen LogP contribution < -0.4 is 4.72 Å². The van der Waals surface area contributed by atoms with Crippen LogP contribution in [-0.2, 0) is 24.3 Å². The van der Waals surface area contributed by atoms with E-state index in [1.54, 1.807) is 4.90 Å². The summed E-state index contributed by atoms with van der Waals surface area (Å²) >= 11 is 7.27. The highest BCUT2D eigenvalue weighted by atomic mass is 35.5. The maximum Gasteiger partial charge on any atom is 0.324 e. The third-order valence-corrected chi connectivity index (χ3v) is 6.44. The number of halogens is 1. The highest BCUT2D eigenvalue weighted by Gasteiger charge is 2.28. The molecule has 0 heterocycles. The molecule has 0 radical (unpaired) electrons. The Morgan fingerprint density at radius 1 is 1.14 bits per heavy atom. The average molecular weight is 465 g/mol. The number of nitrogens with zero attached hydrogens (tertiary/aromatic N) is 1. The Morgan fingerprint density at radius 3 is 2.17 bits per heavy atom. The number of hydrogen-bond donors (Lipinski definition) is 1. The smallest absolute Gasteiger partial charge is 0.324 e. The molecule has 0 aliphatic heterocycles. The molecule has 0 aromatic heterocycles. The van der Waals surface area contributed by atoms with Crippen molar-refractivity contribution >= 4 is 45.3 Å². The van der Waals surface area contributed by atoms with Crippen LogP contribution in [0, 0.1) is 0 Å².